The summed E-state index contributed by atoms with van der Waals surface area (Å²) in [5.41, 5.74) is 0.849. The van der Waals surface area contributed by atoms with Gasteiger partial charge in [0.2, 0.25) is 5.91 Å². The minimum absolute atomic E-state index is 0.0612. The van der Waals surface area contributed by atoms with Gasteiger partial charge in [0.05, 0.1) is 4.75 Å². The summed E-state index contributed by atoms with van der Waals surface area (Å²) in [4.78, 5) is 12.4. The van der Waals surface area contributed by atoms with Crippen LogP contribution in [0.1, 0.15) is 39.2 Å². The fourth-order valence-corrected chi connectivity index (χ4v) is 5.01. The molecule has 3 N–H and O–H groups in total. The Morgan fingerprint density at radius 2 is 2.00 bits per heavy atom. The molecule has 0 saturated heterocycles. The van der Waals surface area contributed by atoms with Crippen LogP contribution in [0.3, 0.4) is 0 Å². The van der Waals surface area contributed by atoms with E-state index in [4.69, 9.17) is 12.2 Å². The smallest absolute Gasteiger partial charge is 0.236 e. The number of benzene rings is 1. The van der Waals surface area contributed by atoms with Crippen LogP contribution in [-0.2, 0) is 11.2 Å². The summed E-state index contributed by atoms with van der Waals surface area (Å²) >= 11 is 8.40. The first kappa shape index (κ1) is 21.1. The van der Waals surface area contributed by atoms with Gasteiger partial charge < -0.3 is 15.5 Å². The minimum Gasteiger partial charge on any atom is -0.504 e. The van der Waals surface area contributed by atoms with Crippen molar-refractivity contribution in [3.05, 3.63) is 23.8 Å². The van der Waals surface area contributed by atoms with Crippen molar-refractivity contribution >= 4 is 45.2 Å². The van der Waals surface area contributed by atoms with Crippen molar-refractivity contribution in [2.24, 2.45) is 0 Å². The van der Waals surface area contributed by atoms with Crippen molar-refractivity contribution in [2.75, 3.05) is 12.3 Å². The quantitative estimate of drug-likeness (QED) is 0.355. The monoisotopic (exact) mass is 387 g/mol. The first-order valence-electron chi connectivity index (χ1n) is 7.91. The van der Waals surface area contributed by atoms with Crippen LogP contribution in [0.4, 0.5) is 0 Å². The van der Waals surface area contributed by atoms with Crippen LogP contribution in [0.5, 0.6) is 11.5 Å². The maximum Gasteiger partial charge on any atom is 0.236 e. The number of rotatable bonds is 8. The zero-order valence-corrected chi connectivity index (χ0v) is 16.7. The number of unbranched alkanes of at least 4 members (excludes halogenated alkanes) is 1. The SMILES string of the molecule is CCCCSC(=S)SC(C)(C)C(=O)NCCc1ccc(O)c(O)c1. The topological polar surface area (TPSA) is 69.6 Å². The molecule has 0 atom stereocenters. The second-order valence-corrected chi connectivity index (χ2v) is 9.82. The average Bonchev–Trinajstić information content (AvgIpc) is 2.50. The molecule has 1 rings (SSSR count). The highest BCUT2D eigenvalue weighted by molar-refractivity contribution is 8.47. The van der Waals surface area contributed by atoms with E-state index >= 15 is 0 Å². The highest BCUT2D eigenvalue weighted by Crippen LogP contribution is 2.31. The molecule has 0 aromatic heterocycles. The standard InChI is InChI=1S/C17H25NO3S3/c1-4-5-10-23-16(22)24-17(2,3)15(21)18-9-8-12-6-7-13(19)14(20)11-12/h6-7,11,19-20H,4-5,8-10H2,1-3H3,(H,18,21). The third-order valence-corrected chi connectivity index (χ3v) is 6.14. The Bertz CT molecular complexity index is 576. The molecule has 1 aromatic carbocycles. The summed E-state index contributed by atoms with van der Waals surface area (Å²) in [5, 5.41) is 21.7. The zero-order chi connectivity index (χ0) is 18.2. The first-order chi connectivity index (χ1) is 11.3. The summed E-state index contributed by atoms with van der Waals surface area (Å²) < 4.78 is 0.181. The molecule has 0 unspecified atom stereocenters. The maximum atomic E-state index is 12.4. The minimum atomic E-state index is -0.618. The number of hydrogen-bond acceptors (Lipinski definition) is 6. The summed E-state index contributed by atoms with van der Waals surface area (Å²) in [7, 11) is 0. The lowest BCUT2D eigenvalue weighted by atomic mass is 10.1. The van der Waals surface area contributed by atoms with Gasteiger partial charge in [0.25, 0.3) is 0 Å². The number of thiocarbonyl (C=S) groups is 1. The summed E-state index contributed by atoms with van der Waals surface area (Å²) in [5.74, 6) is 0.636. The second-order valence-electron chi connectivity index (χ2n) is 5.89. The molecular formula is C17H25NO3S3. The van der Waals surface area contributed by atoms with Crippen LogP contribution in [0, 0.1) is 0 Å². The number of aromatic hydroxyl groups is 2. The van der Waals surface area contributed by atoms with Gasteiger partial charge in [-0.05, 0) is 50.1 Å². The Hall–Kier alpha value is -0.920. The summed E-state index contributed by atoms with van der Waals surface area (Å²) in [6, 6.07) is 4.67. The average molecular weight is 388 g/mol. The van der Waals surface area contributed by atoms with Crippen LogP contribution in [0.15, 0.2) is 18.2 Å². The molecule has 0 spiro atoms. The van der Waals surface area contributed by atoms with Crippen molar-refractivity contribution in [1.82, 2.24) is 5.32 Å². The van der Waals surface area contributed by atoms with Crippen LogP contribution in [0.25, 0.3) is 0 Å². The fraction of sp³-hybridized carbons (Fsp3) is 0.529. The second kappa shape index (κ2) is 10.2. The van der Waals surface area contributed by atoms with Gasteiger partial charge in [0, 0.05) is 6.54 Å². The van der Waals surface area contributed by atoms with E-state index in [1.165, 1.54) is 23.9 Å². The van der Waals surface area contributed by atoms with Gasteiger partial charge >= 0.3 is 0 Å². The van der Waals surface area contributed by atoms with Crippen molar-refractivity contribution in [3.8, 4) is 11.5 Å². The van der Waals surface area contributed by atoms with Crippen molar-refractivity contribution < 1.29 is 15.0 Å². The molecule has 0 radical (unpaired) electrons. The first-order valence-corrected chi connectivity index (χ1v) is 10.1. The normalized spacial score (nSPS) is 11.3. The lowest BCUT2D eigenvalue weighted by molar-refractivity contribution is -0.122. The Morgan fingerprint density at radius 3 is 2.62 bits per heavy atom. The van der Waals surface area contributed by atoms with E-state index in [-0.39, 0.29) is 17.4 Å². The molecule has 134 valence electrons. The highest BCUT2D eigenvalue weighted by atomic mass is 32.2. The Kier molecular flexibility index (Phi) is 8.94. The number of hydrogen-bond donors (Lipinski definition) is 3. The van der Waals surface area contributed by atoms with Gasteiger partial charge in [0.15, 0.2) is 11.5 Å². The van der Waals surface area contributed by atoms with Crippen LogP contribution in [0.2, 0.25) is 0 Å². The van der Waals surface area contributed by atoms with E-state index in [1.54, 1.807) is 17.8 Å². The fourth-order valence-electron chi connectivity index (χ4n) is 1.84. The molecule has 4 nitrogen and oxygen atoms in total. The summed E-state index contributed by atoms with van der Waals surface area (Å²) in [6.07, 6.45) is 2.84. The van der Waals surface area contributed by atoms with Crippen LogP contribution < -0.4 is 5.32 Å². The molecule has 7 heteroatoms. The summed E-state index contributed by atoms with van der Waals surface area (Å²) in [6.45, 7) is 6.34. The Morgan fingerprint density at radius 1 is 1.29 bits per heavy atom. The largest absolute Gasteiger partial charge is 0.504 e. The number of thioether (sulfide) groups is 2. The Labute approximate surface area is 157 Å². The number of carbonyl (C=O) groups is 1. The number of amides is 1. The number of nitrogens with one attached hydrogen (secondary N) is 1. The molecule has 0 bridgehead atoms. The van der Waals surface area contributed by atoms with Gasteiger partial charge in [-0.1, -0.05) is 43.4 Å². The molecule has 0 aliphatic rings. The van der Waals surface area contributed by atoms with E-state index < -0.39 is 4.75 Å². The van der Waals surface area contributed by atoms with Crippen LogP contribution in [-0.4, -0.2) is 36.7 Å². The third-order valence-electron chi connectivity index (χ3n) is 3.34. The van der Waals surface area contributed by atoms with Crippen molar-refractivity contribution in [2.45, 2.75) is 44.8 Å². The molecule has 1 aromatic rings. The number of phenolic OH excluding ortho intramolecular Hbond substituents is 2. The van der Waals surface area contributed by atoms with E-state index in [2.05, 4.69) is 12.2 Å². The van der Waals surface area contributed by atoms with Crippen molar-refractivity contribution in [3.63, 3.8) is 0 Å². The van der Waals surface area contributed by atoms with E-state index in [1.807, 2.05) is 13.8 Å². The highest BCUT2D eigenvalue weighted by Gasteiger charge is 2.29. The Balaban J connectivity index is 2.41. The molecule has 24 heavy (non-hydrogen) atoms. The molecule has 0 heterocycles. The number of carbonyl (C=O) groups excluding carboxylic acids is 1. The predicted octanol–water partition coefficient (Wildman–Crippen LogP) is 4.09. The molecule has 0 aliphatic carbocycles. The van der Waals surface area contributed by atoms with Gasteiger partial charge in [-0.15, -0.1) is 11.8 Å². The third kappa shape index (κ3) is 7.32. The molecule has 0 aliphatic heterocycles. The lowest BCUT2D eigenvalue weighted by Gasteiger charge is -2.23. The molecule has 1 amide bonds. The molecule has 0 fully saturated rings. The van der Waals surface area contributed by atoms with E-state index in [0.29, 0.717) is 13.0 Å². The molecule has 0 saturated carbocycles. The zero-order valence-electron chi connectivity index (χ0n) is 14.3. The van der Waals surface area contributed by atoms with Gasteiger partial charge in [-0.2, -0.15) is 0 Å². The van der Waals surface area contributed by atoms with Crippen molar-refractivity contribution in [1.29, 1.82) is 0 Å². The van der Waals surface area contributed by atoms with E-state index in [9.17, 15) is 15.0 Å². The van der Waals surface area contributed by atoms with Crippen LogP contribution >= 0.6 is 35.7 Å². The molecular weight excluding hydrogens is 362 g/mol. The predicted molar refractivity (Wildman–Crippen MR) is 108 cm³/mol. The maximum absolute atomic E-state index is 12.4. The van der Waals surface area contributed by atoms with Gasteiger partial charge in [0.1, 0.15) is 3.53 Å². The van der Waals surface area contributed by atoms with Gasteiger partial charge in [-0.3, -0.25) is 4.79 Å². The lowest BCUT2D eigenvalue weighted by Crippen LogP contribution is -2.41. The number of phenols is 2. The van der Waals surface area contributed by atoms with E-state index in [0.717, 1.165) is 27.7 Å². The van der Waals surface area contributed by atoms with Gasteiger partial charge in [-0.25, -0.2) is 0 Å².